The largest absolute Gasteiger partial charge is 0.389 e. The third-order valence-electron chi connectivity index (χ3n) is 2.09. The molecule has 0 aromatic heterocycles. The standard InChI is InChI=1S/C9H7F5O2S/c10-4-3(9(16)2(15)1-17)5(11)7(13)8(14)6(4)12/h2,9,15-17H,1H2. The van der Waals surface area contributed by atoms with Crippen molar-refractivity contribution >= 4 is 12.6 Å². The van der Waals surface area contributed by atoms with E-state index in [2.05, 4.69) is 12.6 Å². The van der Waals surface area contributed by atoms with Gasteiger partial charge in [-0.05, 0) is 0 Å². The van der Waals surface area contributed by atoms with E-state index < -0.39 is 52.6 Å². The second-order valence-electron chi connectivity index (χ2n) is 3.18. The molecule has 0 spiro atoms. The molecule has 1 rings (SSSR count). The summed E-state index contributed by atoms with van der Waals surface area (Å²) in [6.07, 6.45) is -4.01. The van der Waals surface area contributed by atoms with E-state index >= 15 is 0 Å². The lowest BCUT2D eigenvalue weighted by Crippen LogP contribution is -2.23. The zero-order valence-electron chi connectivity index (χ0n) is 8.09. The van der Waals surface area contributed by atoms with Gasteiger partial charge in [0, 0.05) is 5.75 Å². The Labute approximate surface area is 98.1 Å². The van der Waals surface area contributed by atoms with Crippen molar-refractivity contribution in [3.8, 4) is 0 Å². The van der Waals surface area contributed by atoms with Crippen molar-refractivity contribution in [2.45, 2.75) is 12.2 Å². The van der Waals surface area contributed by atoms with E-state index in [-0.39, 0.29) is 0 Å². The number of hydrogen-bond donors (Lipinski definition) is 3. The summed E-state index contributed by atoms with van der Waals surface area (Å²) in [5.74, 6) is -11.4. The van der Waals surface area contributed by atoms with Crippen LogP contribution in [-0.4, -0.2) is 22.1 Å². The van der Waals surface area contributed by atoms with Crippen molar-refractivity contribution in [2.75, 3.05) is 5.75 Å². The van der Waals surface area contributed by atoms with Gasteiger partial charge < -0.3 is 10.2 Å². The normalized spacial score (nSPS) is 14.8. The molecule has 17 heavy (non-hydrogen) atoms. The average molecular weight is 274 g/mol. The smallest absolute Gasteiger partial charge is 0.200 e. The van der Waals surface area contributed by atoms with Crippen LogP contribution in [0.15, 0.2) is 0 Å². The Balaban J connectivity index is 3.44. The molecule has 0 amide bonds. The molecule has 0 bridgehead atoms. The number of aliphatic hydroxyl groups is 2. The van der Waals surface area contributed by atoms with Gasteiger partial charge >= 0.3 is 0 Å². The second-order valence-corrected chi connectivity index (χ2v) is 3.54. The summed E-state index contributed by atoms with van der Waals surface area (Å²) in [5, 5.41) is 18.3. The van der Waals surface area contributed by atoms with Crippen LogP contribution in [0.2, 0.25) is 0 Å². The molecule has 2 nitrogen and oxygen atoms in total. The molecule has 2 atom stereocenters. The van der Waals surface area contributed by atoms with E-state index in [1.165, 1.54) is 0 Å². The third kappa shape index (κ3) is 2.38. The number of thiol groups is 1. The molecule has 0 radical (unpaired) electrons. The maximum atomic E-state index is 13.1. The maximum Gasteiger partial charge on any atom is 0.200 e. The maximum absolute atomic E-state index is 13.1. The van der Waals surface area contributed by atoms with Crippen LogP contribution in [0.25, 0.3) is 0 Å². The molecule has 8 heteroatoms. The van der Waals surface area contributed by atoms with Gasteiger partial charge in [-0.3, -0.25) is 0 Å². The summed E-state index contributed by atoms with van der Waals surface area (Å²) in [7, 11) is 0. The van der Waals surface area contributed by atoms with Crippen molar-refractivity contribution in [3.05, 3.63) is 34.6 Å². The Kier molecular flexibility index (Phi) is 4.34. The van der Waals surface area contributed by atoms with Crippen LogP contribution in [0.1, 0.15) is 11.7 Å². The van der Waals surface area contributed by atoms with Crippen molar-refractivity contribution in [1.29, 1.82) is 0 Å². The van der Waals surface area contributed by atoms with Gasteiger partial charge in [0.2, 0.25) is 5.82 Å². The van der Waals surface area contributed by atoms with Crippen LogP contribution < -0.4 is 0 Å². The minimum Gasteiger partial charge on any atom is -0.389 e. The van der Waals surface area contributed by atoms with Crippen molar-refractivity contribution in [3.63, 3.8) is 0 Å². The quantitative estimate of drug-likeness (QED) is 0.340. The Morgan fingerprint density at radius 3 is 1.53 bits per heavy atom. The first-order chi connectivity index (χ1) is 7.82. The minimum atomic E-state index is -2.32. The van der Waals surface area contributed by atoms with E-state index in [1.54, 1.807) is 0 Å². The third-order valence-corrected chi connectivity index (χ3v) is 2.47. The molecule has 1 aromatic rings. The highest BCUT2D eigenvalue weighted by Gasteiger charge is 2.32. The predicted molar refractivity (Wildman–Crippen MR) is 51.1 cm³/mol. The monoisotopic (exact) mass is 274 g/mol. The van der Waals surface area contributed by atoms with Crippen molar-refractivity contribution in [1.82, 2.24) is 0 Å². The highest BCUT2D eigenvalue weighted by molar-refractivity contribution is 7.80. The minimum absolute atomic E-state index is 0.416. The number of hydrogen-bond acceptors (Lipinski definition) is 3. The number of aliphatic hydroxyl groups excluding tert-OH is 2. The SMILES string of the molecule is OC(CS)C(O)c1c(F)c(F)c(F)c(F)c1F. The number of rotatable bonds is 3. The summed E-state index contributed by atoms with van der Waals surface area (Å²) < 4.78 is 64.4. The van der Waals surface area contributed by atoms with E-state index in [0.29, 0.717) is 0 Å². The highest BCUT2D eigenvalue weighted by Crippen LogP contribution is 2.29. The molecule has 0 fully saturated rings. The molecule has 0 saturated heterocycles. The molecule has 0 heterocycles. The first kappa shape index (κ1) is 14.2. The van der Waals surface area contributed by atoms with Gasteiger partial charge in [0.15, 0.2) is 23.3 Å². The fraction of sp³-hybridized carbons (Fsp3) is 0.333. The van der Waals surface area contributed by atoms with Gasteiger partial charge in [-0.25, -0.2) is 22.0 Å². The Hall–Kier alpha value is -0.860. The molecule has 2 N–H and O–H groups in total. The molecule has 96 valence electrons. The van der Waals surface area contributed by atoms with Gasteiger partial charge in [-0.2, -0.15) is 12.6 Å². The molecule has 0 saturated carbocycles. The molecule has 0 aliphatic heterocycles. The zero-order chi connectivity index (χ0) is 13.3. The van der Waals surface area contributed by atoms with Crippen molar-refractivity contribution < 1.29 is 32.2 Å². The van der Waals surface area contributed by atoms with E-state index in [0.717, 1.165) is 0 Å². The Morgan fingerprint density at radius 2 is 1.18 bits per heavy atom. The first-order valence-electron chi connectivity index (χ1n) is 4.31. The van der Waals surface area contributed by atoms with E-state index in [4.69, 9.17) is 5.11 Å². The van der Waals surface area contributed by atoms with Crippen LogP contribution in [0, 0.1) is 29.1 Å². The molecular weight excluding hydrogens is 267 g/mol. The van der Waals surface area contributed by atoms with Gasteiger partial charge in [0.1, 0.15) is 6.10 Å². The Morgan fingerprint density at radius 1 is 0.824 bits per heavy atom. The highest BCUT2D eigenvalue weighted by atomic mass is 32.1. The lowest BCUT2D eigenvalue weighted by atomic mass is 10.0. The van der Waals surface area contributed by atoms with Crippen molar-refractivity contribution in [2.24, 2.45) is 0 Å². The number of benzene rings is 1. The Bertz CT molecular complexity index is 411. The van der Waals surface area contributed by atoms with Gasteiger partial charge in [0.05, 0.1) is 11.7 Å². The molecule has 2 unspecified atom stereocenters. The van der Waals surface area contributed by atoms with Gasteiger partial charge in [-0.15, -0.1) is 0 Å². The van der Waals surface area contributed by atoms with Crippen LogP contribution in [0.4, 0.5) is 22.0 Å². The first-order valence-corrected chi connectivity index (χ1v) is 4.94. The summed E-state index contributed by atoms with van der Waals surface area (Å²) in [4.78, 5) is 0. The molecule has 1 aromatic carbocycles. The zero-order valence-corrected chi connectivity index (χ0v) is 8.99. The van der Waals surface area contributed by atoms with Gasteiger partial charge in [0.25, 0.3) is 0 Å². The van der Waals surface area contributed by atoms with Crippen LogP contribution in [0.5, 0.6) is 0 Å². The topological polar surface area (TPSA) is 40.5 Å². The van der Waals surface area contributed by atoms with Crippen LogP contribution in [-0.2, 0) is 0 Å². The van der Waals surface area contributed by atoms with E-state index in [1.807, 2.05) is 0 Å². The molecule has 0 aliphatic rings. The summed E-state index contributed by atoms with van der Waals surface area (Å²) in [6.45, 7) is 0. The average Bonchev–Trinajstić information content (AvgIpc) is 2.32. The fourth-order valence-electron chi connectivity index (χ4n) is 1.17. The van der Waals surface area contributed by atoms with Crippen LogP contribution in [0.3, 0.4) is 0 Å². The second kappa shape index (κ2) is 5.19. The summed E-state index contributed by atoms with van der Waals surface area (Å²) in [5.41, 5.74) is -1.47. The fourth-order valence-corrected chi connectivity index (χ4v) is 1.37. The van der Waals surface area contributed by atoms with E-state index in [9.17, 15) is 27.1 Å². The summed E-state index contributed by atoms with van der Waals surface area (Å²) in [6, 6.07) is 0. The lowest BCUT2D eigenvalue weighted by molar-refractivity contribution is 0.0278. The summed E-state index contributed by atoms with van der Waals surface area (Å²) >= 11 is 3.53. The lowest BCUT2D eigenvalue weighted by Gasteiger charge is -2.18. The predicted octanol–water partition coefficient (Wildman–Crippen LogP) is 1.71. The van der Waals surface area contributed by atoms with Crippen LogP contribution >= 0.6 is 12.6 Å². The van der Waals surface area contributed by atoms with Gasteiger partial charge in [-0.1, -0.05) is 0 Å². The number of halogens is 5. The molecule has 0 aliphatic carbocycles. The molecular formula is C9H7F5O2S.